The second-order valence-corrected chi connectivity index (χ2v) is 5.07. The highest BCUT2D eigenvalue weighted by atomic mass is 35.5. The van der Waals surface area contributed by atoms with Crippen LogP contribution in [0.15, 0.2) is 30.3 Å². The summed E-state index contributed by atoms with van der Waals surface area (Å²) in [4.78, 5) is 0. The molecule has 0 heterocycles. The fourth-order valence-electron chi connectivity index (χ4n) is 2.11. The Hall–Kier alpha value is -1.58. The first-order valence-electron chi connectivity index (χ1n) is 6.01. The van der Waals surface area contributed by atoms with E-state index in [2.05, 4.69) is 0 Å². The fraction of sp³-hybridized carbons (Fsp3) is 0.200. The van der Waals surface area contributed by atoms with Crippen LogP contribution >= 0.6 is 11.6 Å². The van der Waals surface area contributed by atoms with E-state index in [-0.39, 0.29) is 11.9 Å². The molecule has 0 radical (unpaired) electrons. The Morgan fingerprint density at radius 2 is 1.95 bits per heavy atom. The van der Waals surface area contributed by atoms with E-state index in [1.165, 1.54) is 12.1 Å². The van der Waals surface area contributed by atoms with Gasteiger partial charge < -0.3 is 11.5 Å². The maximum Gasteiger partial charge on any atom is 0.123 e. The maximum atomic E-state index is 13.4. The number of anilines is 1. The fourth-order valence-corrected chi connectivity index (χ4v) is 2.33. The predicted octanol–water partition coefficient (Wildman–Crippen LogP) is 4.06. The highest BCUT2D eigenvalue weighted by molar-refractivity contribution is 6.32. The Labute approximate surface area is 117 Å². The van der Waals surface area contributed by atoms with Crippen molar-refractivity contribution < 1.29 is 4.39 Å². The van der Waals surface area contributed by atoms with Crippen LogP contribution in [0.4, 0.5) is 10.1 Å². The second-order valence-electron chi connectivity index (χ2n) is 4.66. The van der Waals surface area contributed by atoms with Gasteiger partial charge in [0.1, 0.15) is 5.82 Å². The van der Waals surface area contributed by atoms with Crippen molar-refractivity contribution in [3.63, 3.8) is 0 Å². The monoisotopic (exact) mass is 278 g/mol. The summed E-state index contributed by atoms with van der Waals surface area (Å²) in [6.07, 6.45) is 0. The third-order valence-electron chi connectivity index (χ3n) is 3.21. The quantitative estimate of drug-likeness (QED) is 0.814. The van der Waals surface area contributed by atoms with Crippen LogP contribution in [0.5, 0.6) is 0 Å². The molecule has 0 saturated carbocycles. The van der Waals surface area contributed by atoms with Crippen LogP contribution in [0, 0.1) is 12.7 Å². The molecule has 4 N–H and O–H groups in total. The Bertz CT molecular complexity index is 624. The van der Waals surface area contributed by atoms with E-state index in [9.17, 15) is 4.39 Å². The summed E-state index contributed by atoms with van der Waals surface area (Å²) in [6.45, 7) is 3.69. The van der Waals surface area contributed by atoms with Gasteiger partial charge in [-0.05, 0) is 48.7 Å². The lowest BCUT2D eigenvalue weighted by molar-refractivity contribution is 0.628. The SMILES string of the molecule is Cc1c(Cl)cc(C(C)N)c(-c2cccc(F)c2)c1N. The first kappa shape index (κ1) is 13.8. The number of hydrogen-bond acceptors (Lipinski definition) is 2. The van der Waals surface area contributed by atoms with Gasteiger partial charge in [0.2, 0.25) is 0 Å². The molecule has 0 spiro atoms. The zero-order chi connectivity index (χ0) is 14.2. The number of halogens is 2. The van der Waals surface area contributed by atoms with Crippen molar-refractivity contribution in [3.8, 4) is 11.1 Å². The molecule has 4 heteroatoms. The Morgan fingerprint density at radius 1 is 1.26 bits per heavy atom. The summed E-state index contributed by atoms with van der Waals surface area (Å²) in [5, 5.41) is 0.574. The van der Waals surface area contributed by atoms with Gasteiger partial charge >= 0.3 is 0 Å². The van der Waals surface area contributed by atoms with Crippen LogP contribution in [-0.2, 0) is 0 Å². The molecule has 19 heavy (non-hydrogen) atoms. The van der Waals surface area contributed by atoms with Crippen molar-refractivity contribution in [1.82, 2.24) is 0 Å². The van der Waals surface area contributed by atoms with Crippen LogP contribution in [0.3, 0.4) is 0 Å². The third kappa shape index (κ3) is 2.57. The van der Waals surface area contributed by atoms with E-state index in [1.807, 2.05) is 19.9 Å². The van der Waals surface area contributed by atoms with Crippen molar-refractivity contribution in [2.24, 2.45) is 5.73 Å². The van der Waals surface area contributed by atoms with Crippen molar-refractivity contribution >= 4 is 17.3 Å². The molecule has 0 aliphatic rings. The first-order valence-corrected chi connectivity index (χ1v) is 6.39. The highest BCUT2D eigenvalue weighted by Gasteiger charge is 2.16. The van der Waals surface area contributed by atoms with Gasteiger partial charge in [-0.3, -0.25) is 0 Å². The summed E-state index contributed by atoms with van der Waals surface area (Å²) in [7, 11) is 0. The molecule has 2 nitrogen and oxygen atoms in total. The van der Waals surface area contributed by atoms with Crippen molar-refractivity contribution in [2.75, 3.05) is 5.73 Å². The van der Waals surface area contributed by atoms with Crippen LogP contribution in [0.25, 0.3) is 11.1 Å². The van der Waals surface area contributed by atoms with Crippen molar-refractivity contribution in [1.29, 1.82) is 0 Å². The Kier molecular flexibility index (Phi) is 3.78. The molecule has 0 aromatic heterocycles. The van der Waals surface area contributed by atoms with E-state index in [4.69, 9.17) is 23.1 Å². The van der Waals surface area contributed by atoms with Crippen LogP contribution < -0.4 is 11.5 Å². The number of rotatable bonds is 2. The minimum absolute atomic E-state index is 0.237. The van der Waals surface area contributed by atoms with Crippen molar-refractivity contribution in [2.45, 2.75) is 19.9 Å². The van der Waals surface area contributed by atoms with Gasteiger partial charge in [-0.25, -0.2) is 4.39 Å². The molecular formula is C15H16ClFN2. The molecule has 1 unspecified atom stereocenters. The predicted molar refractivity (Wildman–Crippen MR) is 78.6 cm³/mol. The molecule has 2 aromatic rings. The third-order valence-corrected chi connectivity index (χ3v) is 3.60. The van der Waals surface area contributed by atoms with Crippen LogP contribution in [0.1, 0.15) is 24.1 Å². The summed E-state index contributed by atoms with van der Waals surface area (Å²) >= 11 is 6.14. The molecule has 0 aliphatic heterocycles. The standard InChI is InChI=1S/C15H16ClFN2/c1-8-13(16)7-12(9(2)18)14(15(8)19)10-4-3-5-11(17)6-10/h3-7,9H,18-19H2,1-2H3. The first-order chi connectivity index (χ1) is 8.91. The van der Waals surface area contributed by atoms with Gasteiger partial charge in [-0.2, -0.15) is 0 Å². The van der Waals surface area contributed by atoms with Gasteiger partial charge in [-0.15, -0.1) is 0 Å². The Morgan fingerprint density at radius 3 is 2.53 bits per heavy atom. The van der Waals surface area contributed by atoms with E-state index < -0.39 is 0 Å². The molecule has 0 fully saturated rings. The molecule has 0 bridgehead atoms. The average Bonchev–Trinajstić information content (AvgIpc) is 2.35. The van der Waals surface area contributed by atoms with Gasteiger partial charge in [0.05, 0.1) is 0 Å². The van der Waals surface area contributed by atoms with Crippen molar-refractivity contribution in [3.05, 3.63) is 52.3 Å². The Balaban J connectivity index is 2.77. The smallest absolute Gasteiger partial charge is 0.123 e. The molecule has 0 aliphatic carbocycles. The normalized spacial score (nSPS) is 12.5. The summed E-state index contributed by atoms with van der Waals surface area (Å²) in [5.41, 5.74) is 15.7. The van der Waals surface area contributed by atoms with Gasteiger partial charge in [0.15, 0.2) is 0 Å². The van der Waals surface area contributed by atoms with E-state index in [1.54, 1.807) is 12.1 Å². The zero-order valence-corrected chi connectivity index (χ0v) is 11.6. The zero-order valence-electron chi connectivity index (χ0n) is 10.9. The van der Waals surface area contributed by atoms with E-state index >= 15 is 0 Å². The molecule has 0 saturated heterocycles. The lowest BCUT2D eigenvalue weighted by Crippen LogP contribution is -2.09. The lowest BCUT2D eigenvalue weighted by atomic mass is 9.92. The maximum absolute atomic E-state index is 13.4. The average molecular weight is 279 g/mol. The summed E-state index contributed by atoms with van der Waals surface area (Å²) < 4.78 is 13.4. The van der Waals surface area contributed by atoms with Crippen LogP contribution in [-0.4, -0.2) is 0 Å². The lowest BCUT2D eigenvalue weighted by Gasteiger charge is -2.18. The number of nitrogens with two attached hydrogens (primary N) is 2. The van der Waals surface area contributed by atoms with Gasteiger partial charge in [0.25, 0.3) is 0 Å². The van der Waals surface area contributed by atoms with E-state index in [0.29, 0.717) is 16.3 Å². The topological polar surface area (TPSA) is 52.0 Å². The molecule has 2 rings (SSSR count). The number of nitrogen functional groups attached to an aromatic ring is 1. The second kappa shape index (κ2) is 5.19. The number of benzene rings is 2. The number of hydrogen-bond donors (Lipinski definition) is 2. The van der Waals surface area contributed by atoms with Crippen LogP contribution in [0.2, 0.25) is 5.02 Å². The highest BCUT2D eigenvalue weighted by Crippen LogP contribution is 2.38. The summed E-state index contributed by atoms with van der Waals surface area (Å²) in [5.74, 6) is -0.305. The minimum atomic E-state index is -0.305. The molecule has 0 amide bonds. The minimum Gasteiger partial charge on any atom is -0.398 e. The van der Waals surface area contributed by atoms with E-state index in [0.717, 1.165) is 16.7 Å². The summed E-state index contributed by atoms with van der Waals surface area (Å²) in [6, 6.07) is 7.88. The molecule has 1 atom stereocenters. The largest absolute Gasteiger partial charge is 0.398 e. The van der Waals surface area contributed by atoms with Gasteiger partial charge in [-0.1, -0.05) is 23.7 Å². The molecule has 100 valence electrons. The van der Waals surface area contributed by atoms with Gasteiger partial charge in [0, 0.05) is 22.3 Å². The molecule has 2 aromatic carbocycles. The molecular weight excluding hydrogens is 263 g/mol.